The zero-order chi connectivity index (χ0) is 12.9. The van der Waals surface area contributed by atoms with Crippen molar-refractivity contribution in [2.45, 2.75) is 18.8 Å². The van der Waals surface area contributed by atoms with Gasteiger partial charge in [-0.2, -0.15) is 0 Å². The highest BCUT2D eigenvalue weighted by Gasteiger charge is 2.68. The van der Waals surface area contributed by atoms with Gasteiger partial charge in [-0.3, -0.25) is 4.79 Å². The Bertz CT molecular complexity index is 511. The molecule has 0 bridgehead atoms. The average Bonchev–Trinajstić information content (AvgIpc) is 2.95. The van der Waals surface area contributed by atoms with Crippen LogP contribution in [0.5, 0.6) is 11.5 Å². The van der Waals surface area contributed by atoms with Crippen LogP contribution < -0.4 is 4.74 Å². The molecule has 3 rings (SSSR count). The fourth-order valence-corrected chi connectivity index (χ4v) is 3.44. The lowest BCUT2D eigenvalue weighted by Gasteiger charge is -2.27. The summed E-state index contributed by atoms with van der Waals surface area (Å²) in [4.78, 5) is 11.8. The Hall–Kier alpha value is -1.71. The minimum Gasteiger partial charge on any atom is -0.508 e. The van der Waals surface area contributed by atoms with Crippen molar-refractivity contribution >= 4 is 5.97 Å². The molecule has 1 saturated carbocycles. The highest BCUT2D eigenvalue weighted by atomic mass is 16.5. The van der Waals surface area contributed by atoms with Crippen LogP contribution in [0.15, 0.2) is 18.2 Å². The summed E-state index contributed by atoms with van der Waals surface area (Å²) in [7, 11) is 1.42. The number of hydrogen-bond donors (Lipinski definition) is 1. The summed E-state index contributed by atoms with van der Waals surface area (Å²) in [5, 5.41) is 9.64. The number of carbonyl (C=O) groups excluding carboxylic acids is 1. The third-order valence-corrected chi connectivity index (χ3v) is 4.45. The molecular formula is C14H16O4. The van der Waals surface area contributed by atoms with Crippen LogP contribution in [0, 0.1) is 11.8 Å². The summed E-state index contributed by atoms with van der Waals surface area (Å²) in [6.45, 7) is 2.66. The topological polar surface area (TPSA) is 55.8 Å². The van der Waals surface area contributed by atoms with Crippen LogP contribution in [0.25, 0.3) is 0 Å². The molecule has 0 amide bonds. The number of phenolic OH excluding ortho intramolecular Hbond substituents is 1. The smallest absolute Gasteiger partial charge is 0.309 e. The normalized spacial score (nSPS) is 32.6. The van der Waals surface area contributed by atoms with Gasteiger partial charge in [-0.15, -0.1) is 0 Å². The van der Waals surface area contributed by atoms with Crippen LogP contribution >= 0.6 is 0 Å². The van der Waals surface area contributed by atoms with Gasteiger partial charge in [-0.25, -0.2) is 0 Å². The van der Waals surface area contributed by atoms with Gasteiger partial charge < -0.3 is 14.6 Å². The number of carbonyl (C=O) groups is 1. The average molecular weight is 248 g/mol. The third-order valence-electron chi connectivity index (χ3n) is 4.45. The highest BCUT2D eigenvalue weighted by Crippen LogP contribution is 2.65. The minimum absolute atomic E-state index is 0.119. The predicted molar refractivity (Wildman–Crippen MR) is 64.6 cm³/mol. The summed E-state index contributed by atoms with van der Waals surface area (Å²) in [6.07, 6.45) is 0.796. The molecule has 0 saturated heterocycles. The number of esters is 1. The lowest BCUT2D eigenvalue weighted by Crippen LogP contribution is -2.25. The summed E-state index contributed by atoms with van der Waals surface area (Å²) in [5.74, 6) is 0.929. The summed E-state index contributed by atoms with van der Waals surface area (Å²) in [6, 6.07) is 5.09. The van der Waals surface area contributed by atoms with Crippen molar-refractivity contribution in [3.8, 4) is 11.5 Å². The van der Waals surface area contributed by atoms with Gasteiger partial charge >= 0.3 is 5.97 Å². The molecule has 1 fully saturated rings. The number of ether oxygens (including phenoxy) is 2. The van der Waals surface area contributed by atoms with Crippen molar-refractivity contribution in [2.24, 2.45) is 11.8 Å². The molecule has 1 aromatic rings. The number of rotatable bonds is 1. The zero-order valence-corrected chi connectivity index (χ0v) is 10.5. The molecule has 96 valence electrons. The number of hydrogen-bond acceptors (Lipinski definition) is 4. The minimum atomic E-state index is -0.209. The van der Waals surface area contributed by atoms with Crippen molar-refractivity contribution in [1.82, 2.24) is 0 Å². The van der Waals surface area contributed by atoms with Gasteiger partial charge in [0.05, 0.1) is 19.6 Å². The van der Waals surface area contributed by atoms with E-state index in [1.165, 1.54) is 7.11 Å². The van der Waals surface area contributed by atoms with Crippen molar-refractivity contribution in [3.63, 3.8) is 0 Å². The largest absolute Gasteiger partial charge is 0.508 e. The number of methoxy groups -OCH3 is 1. The Balaban J connectivity index is 2.07. The van der Waals surface area contributed by atoms with Gasteiger partial charge in [0, 0.05) is 11.0 Å². The number of fused-ring (bicyclic) bond motifs is 2. The number of phenols is 1. The molecule has 1 aromatic carbocycles. The molecule has 1 N–H and O–H groups in total. The maximum Gasteiger partial charge on any atom is 0.309 e. The standard InChI is InChI=1S/C14H16O4/c1-8-12(13(16)17-2)14(8)5-6-18-11-4-3-9(15)7-10(11)14/h3-4,7-8,12,15H,5-6H2,1-2H3/t8-,12-,14-/m0/s1. The predicted octanol–water partition coefficient (Wildman–Crippen LogP) is 1.85. The first-order chi connectivity index (χ1) is 8.61. The van der Waals surface area contributed by atoms with E-state index >= 15 is 0 Å². The Labute approximate surface area is 106 Å². The molecule has 1 aliphatic carbocycles. The quantitative estimate of drug-likeness (QED) is 0.771. The second-order valence-corrected chi connectivity index (χ2v) is 5.11. The molecule has 1 spiro atoms. The maximum atomic E-state index is 11.8. The van der Waals surface area contributed by atoms with Crippen molar-refractivity contribution < 1.29 is 19.4 Å². The highest BCUT2D eigenvalue weighted by molar-refractivity contribution is 5.80. The number of benzene rings is 1. The summed E-state index contributed by atoms with van der Waals surface area (Å²) < 4.78 is 10.5. The van der Waals surface area contributed by atoms with E-state index in [4.69, 9.17) is 9.47 Å². The molecule has 0 aromatic heterocycles. The van der Waals surface area contributed by atoms with E-state index in [9.17, 15) is 9.90 Å². The van der Waals surface area contributed by atoms with Crippen molar-refractivity contribution in [3.05, 3.63) is 23.8 Å². The van der Waals surface area contributed by atoms with Crippen LogP contribution in [0.1, 0.15) is 18.9 Å². The van der Waals surface area contributed by atoms with Crippen LogP contribution in [0.3, 0.4) is 0 Å². The van der Waals surface area contributed by atoms with E-state index in [1.54, 1.807) is 18.2 Å². The first-order valence-electron chi connectivity index (χ1n) is 6.15. The van der Waals surface area contributed by atoms with Gasteiger partial charge in [0.2, 0.25) is 0 Å². The third kappa shape index (κ3) is 1.29. The molecule has 2 aliphatic rings. The molecule has 4 heteroatoms. The second-order valence-electron chi connectivity index (χ2n) is 5.11. The Morgan fingerprint density at radius 3 is 3.06 bits per heavy atom. The maximum absolute atomic E-state index is 11.8. The fraction of sp³-hybridized carbons (Fsp3) is 0.500. The van der Waals surface area contributed by atoms with Gasteiger partial charge in [-0.05, 0) is 30.5 Å². The van der Waals surface area contributed by atoms with Crippen LogP contribution in [-0.4, -0.2) is 24.8 Å². The Morgan fingerprint density at radius 1 is 1.56 bits per heavy atom. The van der Waals surface area contributed by atoms with E-state index in [1.807, 2.05) is 0 Å². The fourth-order valence-electron chi connectivity index (χ4n) is 3.44. The molecule has 4 nitrogen and oxygen atoms in total. The first-order valence-corrected chi connectivity index (χ1v) is 6.15. The Morgan fingerprint density at radius 2 is 2.33 bits per heavy atom. The molecule has 1 aliphatic heterocycles. The molecule has 1 heterocycles. The SMILES string of the molecule is COC(=O)[C@@H]1[C@H](C)[C@]12CCOc1ccc(O)cc12. The van der Waals surface area contributed by atoms with E-state index in [-0.39, 0.29) is 29.0 Å². The lowest BCUT2D eigenvalue weighted by atomic mass is 9.86. The number of aromatic hydroxyl groups is 1. The van der Waals surface area contributed by atoms with Gasteiger partial charge in [-0.1, -0.05) is 6.92 Å². The van der Waals surface area contributed by atoms with Gasteiger partial charge in [0.15, 0.2) is 0 Å². The summed E-state index contributed by atoms with van der Waals surface area (Å²) in [5.41, 5.74) is 0.732. The monoisotopic (exact) mass is 248 g/mol. The van der Waals surface area contributed by atoms with Crippen LogP contribution in [0.2, 0.25) is 0 Å². The van der Waals surface area contributed by atoms with E-state index < -0.39 is 0 Å². The second kappa shape index (κ2) is 3.64. The van der Waals surface area contributed by atoms with E-state index in [0.717, 1.165) is 17.7 Å². The first kappa shape index (κ1) is 11.4. The zero-order valence-electron chi connectivity index (χ0n) is 10.5. The van der Waals surface area contributed by atoms with Crippen LogP contribution in [0.4, 0.5) is 0 Å². The van der Waals surface area contributed by atoms with Crippen molar-refractivity contribution in [2.75, 3.05) is 13.7 Å². The van der Waals surface area contributed by atoms with Crippen LogP contribution in [-0.2, 0) is 14.9 Å². The lowest BCUT2D eigenvalue weighted by molar-refractivity contribution is -0.143. The summed E-state index contributed by atoms with van der Waals surface area (Å²) >= 11 is 0. The van der Waals surface area contributed by atoms with Gasteiger partial charge in [0.1, 0.15) is 11.5 Å². The van der Waals surface area contributed by atoms with Gasteiger partial charge in [0.25, 0.3) is 0 Å². The molecule has 18 heavy (non-hydrogen) atoms. The molecule has 0 unspecified atom stereocenters. The Kier molecular flexibility index (Phi) is 2.30. The van der Waals surface area contributed by atoms with E-state index in [2.05, 4.69) is 6.92 Å². The molecule has 3 atom stereocenters. The molecule has 0 radical (unpaired) electrons. The van der Waals surface area contributed by atoms with Crippen molar-refractivity contribution in [1.29, 1.82) is 0 Å². The molecular weight excluding hydrogens is 232 g/mol. The van der Waals surface area contributed by atoms with E-state index in [0.29, 0.717) is 6.61 Å².